The molecule has 1 aliphatic heterocycles. The van der Waals surface area contributed by atoms with Crippen LogP contribution >= 0.6 is 11.6 Å². The van der Waals surface area contributed by atoms with Crippen molar-refractivity contribution >= 4 is 17.5 Å². The van der Waals surface area contributed by atoms with Crippen molar-refractivity contribution < 1.29 is 9.53 Å². The number of hydrogen-bond acceptors (Lipinski definition) is 2. The highest BCUT2D eigenvalue weighted by Gasteiger charge is 2.33. The van der Waals surface area contributed by atoms with E-state index in [0.717, 1.165) is 12.8 Å². The Kier molecular flexibility index (Phi) is 4.69. The molecule has 3 nitrogen and oxygen atoms in total. The average Bonchev–Trinajstić information content (AvgIpc) is 2.83. The molecule has 2 rings (SSSR count). The van der Waals surface area contributed by atoms with Gasteiger partial charge in [0, 0.05) is 25.5 Å². The third-order valence-electron chi connectivity index (χ3n) is 4.06. The van der Waals surface area contributed by atoms with Crippen molar-refractivity contribution in [2.45, 2.75) is 50.5 Å². The van der Waals surface area contributed by atoms with Crippen molar-refractivity contribution in [1.29, 1.82) is 0 Å². The fourth-order valence-electron chi connectivity index (χ4n) is 2.88. The van der Waals surface area contributed by atoms with Crippen LogP contribution in [0.5, 0.6) is 0 Å². The van der Waals surface area contributed by atoms with Crippen molar-refractivity contribution in [2.75, 3.05) is 19.1 Å². The molecule has 2 aliphatic rings. The molecule has 1 heterocycles. The molecule has 0 bridgehead atoms. The molecule has 2 fully saturated rings. The first-order chi connectivity index (χ1) is 8.24. The van der Waals surface area contributed by atoms with Gasteiger partial charge in [0.05, 0.1) is 5.54 Å². The topological polar surface area (TPSA) is 38.3 Å². The molecule has 0 aromatic carbocycles. The Morgan fingerprint density at radius 2 is 1.94 bits per heavy atom. The van der Waals surface area contributed by atoms with Gasteiger partial charge in [-0.25, -0.2) is 0 Å². The van der Waals surface area contributed by atoms with Gasteiger partial charge in [0.1, 0.15) is 0 Å². The van der Waals surface area contributed by atoms with E-state index >= 15 is 0 Å². The van der Waals surface area contributed by atoms with Gasteiger partial charge in [-0.05, 0) is 31.6 Å². The van der Waals surface area contributed by atoms with Crippen molar-refractivity contribution in [1.82, 2.24) is 5.32 Å². The Morgan fingerprint density at radius 3 is 2.53 bits per heavy atom. The first kappa shape index (κ1) is 13.2. The van der Waals surface area contributed by atoms with E-state index in [4.69, 9.17) is 16.3 Å². The molecule has 4 heteroatoms. The smallest absolute Gasteiger partial charge is 0.220 e. The Balaban J connectivity index is 1.82. The highest BCUT2D eigenvalue weighted by Crippen LogP contribution is 2.28. The number of rotatable bonds is 4. The Bertz CT molecular complexity index is 258. The van der Waals surface area contributed by atoms with Crippen molar-refractivity contribution in [2.24, 2.45) is 5.92 Å². The van der Waals surface area contributed by atoms with E-state index in [0.29, 0.717) is 31.4 Å². The second kappa shape index (κ2) is 6.05. The molecule has 17 heavy (non-hydrogen) atoms. The molecule has 1 saturated heterocycles. The summed E-state index contributed by atoms with van der Waals surface area (Å²) >= 11 is 6.03. The summed E-state index contributed by atoms with van der Waals surface area (Å²) in [5.41, 5.74) is -0.213. The number of amides is 1. The molecule has 98 valence electrons. The summed E-state index contributed by atoms with van der Waals surface area (Å²) in [7, 11) is 0. The minimum absolute atomic E-state index is 0.180. The number of alkyl halides is 1. The molecular formula is C13H22ClNO2. The van der Waals surface area contributed by atoms with Gasteiger partial charge in [0.2, 0.25) is 5.91 Å². The van der Waals surface area contributed by atoms with Crippen molar-refractivity contribution in [3.8, 4) is 0 Å². The van der Waals surface area contributed by atoms with E-state index in [-0.39, 0.29) is 11.4 Å². The van der Waals surface area contributed by atoms with E-state index in [1.54, 1.807) is 0 Å². The maximum atomic E-state index is 12.0. The van der Waals surface area contributed by atoms with Crippen LogP contribution in [0.2, 0.25) is 0 Å². The minimum atomic E-state index is -0.213. The third-order valence-corrected chi connectivity index (χ3v) is 4.57. The predicted molar refractivity (Wildman–Crippen MR) is 68.2 cm³/mol. The Labute approximate surface area is 108 Å². The fourth-order valence-corrected chi connectivity index (χ4v) is 3.21. The van der Waals surface area contributed by atoms with Crippen molar-refractivity contribution in [3.63, 3.8) is 0 Å². The first-order valence-electron chi connectivity index (χ1n) is 6.69. The summed E-state index contributed by atoms with van der Waals surface area (Å²) in [4.78, 5) is 12.0. The van der Waals surface area contributed by atoms with Crippen molar-refractivity contribution in [3.05, 3.63) is 0 Å². The van der Waals surface area contributed by atoms with E-state index < -0.39 is 0 Å². The van der Waals surface area contributed by atoms with Gasteiger partial charge < -0.3 is 10.1 Å². The van der Waals surface area contributed by atoms with Gasteiger partial charge in [-0.3, -0.25) is 4.79 Å². The van der Waals surface area contributed by atoms with Crippen LogP contribution in [0.25, 0.3) is 0 Å². The van der Waals surface area contributed by atoms with E-state index in [2.05, 4.69) is 5.32 Å². The lowest BCUT2D eigenvalue weighted by atomic mass is 9.91. The van der Waals surface area contributed by atoms with Crippen LogP contribution in [-0.4, -0.2) is 30.5 Å². The highest BCUT2D eigenvalue weighted by atomic mass is 35.5. The SMILES string of the molecule is O=C(CC1CCCC1)NC1(CCl)CCOCC1. The average molecular weight is 260 g/mol. The van der Waals surface area contributed by atoms with Crippen LogP contribution in [0.4, 0.5) is 0 Å². The Hall–Kier alpha value is -0.280. The fraction of sp³-hybridized carbons (Fsp3) is 0.923. The molecule has 1 amide bonds. The minimum Gasteiger partial charge on any atom is -0.381 e. The van der Waals surface area contributed by atoms with Gasteiger partial charge >= 0.3 is 0 Å². The Morgan fingerprint density at radius 1 is 1.29 bits per heavy atom. The van der Waals surface area contributed by atoms with Gasteiger partial charge in [-0.15, -0.1) is 11.6 Å². The maximum Gasteiger partial charge on any atom is 0.220 e. The summed E-state index contributed by atoms with van der Waals surface area (Å²) < 4.78 is 5.33. The molecule has 1 aliphatic carbocycles. The molecule has 0 unspecified atom stereocenters. The second-order valence-electron chi connectivity index (χ2n) is 5.43. The van der Waals surface area contributed by atoms with Gasteiger partial charge in [0.25, 0.3) is 0 Å². The zero-order chi connectivity index (χ0) is 12.1. The molecule has 1 saturated carbocycles. The normalized spacial score (nSPS) is 24.8. The van der Waals surface area contributed by atoms with Gasteiger partial charge in [-0.1, -0.05) is 12.8 Å². The zero-order valence-electron chi connectivity index (χ0n) is 10.3. The van der Waals surface area contributed by atoms with E-state index in [9.17, 15) is 4.79 Å². The molecule has 1 N–H and O–H groups in total. The third kappa shape index (κ3) is 3.59. The molecule has 0 aromatic heterocycles. The standard InChI is InChI=1S/C13H22ClNO2/c14-10-13(5-7-17-8-6-13)15-12(16)9-11-3-1-2-4-11/h11H,1-10H2,(H,15,16). The molecule has 0 aromatic rings. The summed E-state index contributed by atoms with van der Waals surface area (Å²) in [6, 6.07) is 0. The lowest BCUT2D eigenvalue weighted by Crippen LogP contribution is -2.53. The number of carbonyl (C=O) groups is 1. The maximum absolute atomic E-state index is 12.0. The number of ether oxygens (including phenoxy) is 1. The molecule has 0 spiro atoms. The van der Waals surface area contributed by atoms with Crippen LogP contribution < -0.4 is 5.32 Å². The number of halogens is 1. The largest absolute Gasteiger partial charge is 0.381 e. The van der Waals surface area contributed by atoms with Crippen LogP contribution in [0.1, 0.15) is 44.9 Å². The van der Waals surface area contributed by atoms with E-state index in [1.165, 1.54) is 25.7 Å². The lowest BCUT2D eigenvalue weighted by molar-refractivity contribution is -0.124. The summed E-state index contributed by atoms with van der Waals surface area (Å²) in [6.45, 7) is 1.41. The first-order valence-corrected chi connectivity index (χ1v) is 7.22. The van der Waals surface area contributed by atoms with Crippen LogP contribution in [0, 0.1) is 5.92 Å². The monoisotopic (exact) mass is 259 g/mol. The quantitative estimate of drug-likeness (QED) is 0.788. The number of nitrogens with one attached hydrogen (secondary N) is 1. The summed E-state index contributed by atoms with van der Waals surface area (Å²) in [5.74, 6) is 1.27. The van der Waals surface area contributed by atoms with Gasteiger partial charge in [-0.2, -0.15) is 0 Å². The van der Waals surface area contributed by atoms with E-state index in [1.807, 2.05) is 0 Å². The summed E-state index contributed by atoms with van der Waals surface area (Å²) in [5, 5.41) is 3.16. The molecule has 0 atom stereocenters. The zero-order valence-corrected chi connectivity index (χ0v) is 11.1. The van der Waals surface area contributed by atoms with Crippen LogP contribution in [-0.2, 0) is 9.53 Å². The lowest BCUT2D eigenvalue weighted by Gasteiger charge is -2.36. The molecular weight excluding hydrogens is 238 g/mol. The number of carbonyl (C=O) groups excluding carboxylic acids is 1. The van der Waals surface area contributed by atoms with Gasteiger partial charge in [0.15, 0.2) is 0 Å². The highest BCUT2D eigenvalue weighted by molar-refractivity contribution is 6.18. The molecule has 0 radical (unpaired) electrons. The summed E-state index contributed by atoms with van der Waals surface area (Å²) in [6.07, 6.45) is 7.35. The predicted octanol–water partition coefficient (Wildman–Crippen LogP) is 2.47. The van der Waals surface area contributed by atoms with Crippen LogP contribution in [0.15, 0.2) is 0 Å². The number of hydrogen-bond donors (Lipinski definition) is 1. The second-order valence-corrected chi connectivity index (χ2v) is 5.70. The van der Waals surface area contributed by atoms with Crippen LogP contribution in [0.3, 0.4) is 0 Å².